The maximum absolute atomic E-state index is 9.92. The van der Waals surface area contributed by atoms with Gasteiger partial charge in [-0.1, -0.05) is 0 Å². The van der Waals surface area contributed by atoms with Crippen LogP contribution in [0.2, 0.25) is 0 Å². The second-order valence-corrected chi connectivity index (χ2v) is 1.77. The molecule has 6 heteroatoms. The van der Waals surface area contributed by atoms with Gasteiger partial charge in [-0.15, -0.1) is 0 Å². The Hall–Kier alpha value is 0.00390. The molecule has 0 aliphatic carbocycles. The van der Waals surface area contributed by atoms with Crippen LogP contribution in [0.5, 0.6) is 0 Å². The first-order valence-electron chi connectivity index (χ1n) is 2.51. The zero-order valence-electron chi connectivity index (χ0n) is 5.86. The quantitative estimate of drug-likeness (QED) is 0.626. The van der Waals surface area contributed by atoms with Gasteiger partial charge in [0.05, 0.1) is 13.1 Å². The van der Waals surface area contributed by atoms with Crippen LogP contribution in [-0.2, 0) is 42.3 Å². The minimum absolute atomic E-state index is 0. The number of aliphatic carboxylic acids is 2. The molecule has 5 nitrogen and oxygen atoms in total. The van der Waals surface area contributed by atoms with Crippen LogP contribution in [0.25, 0.3) is 0 Å². The van der Waals surface area contributed by atoms with E-state index in [0.717, 1.165) is 4.90 Å². The number of carboxylic acids is 2. The van der Waals surface area contributed by atoms with E-state index in [0.29, 0.717) is 0 Å². The second kappa shape index (κ2) is 6.70. The summed E-state index contributed by atoms with van der Waals surface area (Å²) in [6.45, 7) is -0.710. The Labute approximate surface area is 89.3 Å². The van der Waals surface area contributed by atoms with E-state index in [4.69, 9.17) is 10.2 Å². The van der Waals surface area contributed by atoms with Gasteiger partial charge in [-0.05, 0) is 0 Å². The van der Waals surface area contributed by atoms with Crippen molar-refractivity contribution in [1.29, 1.82) is 0 Å². The fourth-order valence-electron chi connectivity index (χ4n) is 0.438. The van der Waals surface area contributed by atoms with Gasteiger partial charge < -0.3 is 15.1 Å². The third kappa shape index (κ3) is 10.0. The van der Waals surface area contributed by atoms with Crippen LogP contribution < -0.4 is 0 Å². The van der Waals surface area contributed by atoms with Crippen LogP contribution in [0.3, 0.4) is 0 Å². The standard InChI is InChI=1S/C5H8NO4.Y/c1-6(2-4(7)8)3-5(9)10;/h1-3H2,(H,7,8)(H,9,10);/q-1;. The molecule has 11 heavy (non-hydrogen) atoms. The number of carbonyl (C=O) groups is 2. The minimum atomic E-state index is -1.09. The summed E-state index contributed by atoms with van der Waals surface area (Å²) in [6.07, 6.45) is 0. The molecule has 0 aliphatic rings. The largest absolute Gasteiger partial charge is 0.480 e. The summed E-state index contributed by atoms with van der Waals surface area (Å²) in [4.78, 5) is 20.8. The van der Waals surface area contributed by atoms with E-state index in [-0.39, 0.29) is 45.8 Å². The van der Waals surface area contributed by atoms with Crippen LogP contribution in [-0.4, -0.2) is 40.1 Å². The first-order chi connectivity index (χ1) is 4.52. The Bertz CT molecular complexity index is 133. The molecule has 0 fully saturated rings. The number of rotatable bonds is 4. The van der Waals surface area contributed by atoms with Crippen LogP contribution in [0.1, 0.15) is 0 Å². The number of carboxylic acid groups (broad SMARTS) is 2. The summed E-state index contributed by atoms with van der Waals surface area (Å²) in [5, 5.41) is 16.2. The number of nitrogens with zero attached hydrogens (tertiary/aromatic N) is 1. The minimum Gasteiger partial charge on any atom is -0.480 e. The van der Waals surface area contributed by atoms with Gasteiger partial charge >= 0.3 is 11.9 Å². The van der Waals surface area contributed by atoms with E-state index >= 15 is 0 Å². The molecule has 0 aliphatic heterocycles. The average molecular weight is 235 g/mol. The molecule has 0 saturated carbocycles. The molecule has 0 heterocycles. The summed E-state index contributed by atoms with van der Waals surface area (Å²) in [5.41, 5.74) is 0. The average Bonchev–Trinajstić information content (AvgIpc) is 1.58. The van der Waals surface area contributed by atoms with Gasteiger partial charge in [-0.3, -0.25) is 16.6 Å². The van der Waals surface area contributed by atoms with Gasteiger partial charge in [0.2, 0.25) is 0 Å². The van der Waals surface area contributed by atoms with Crippen LogP contribution in [0.4, 0.5) is 0 Å². The number of hydrogen-bond donors (Lipinski definition) is 2. The summed E-state index contributed by atoms with van der Waals surface area (Å²) in [6, 6.07) is 0. The molecule has 0 unspecified atom stereocenters. The summed E-state index contributed by atoms with van der Waals surface area (Å²) < 4.78 is 0. The monoisotopic (exact) mass is 235 g/mol. The molecule has 61 valence electrons. The first kappa shape index (κ1) is 13.6. The fourth-order valence-corrected chi connectivity index (χ4v) is 0.438. The van der Waals surface area contributed by atoms with Crippen molar-refractivity contribution in [3.8, 4) is 0 Å². The third-order valence-corrected chi connectivity index (χ3v) is 0.718. The zero-order chi connectivity index (χ0) is 8.15. The smallest absolute Gasteiger partial charge is 0.315 e. The Morgan fingerprint density at radius 1 is 1.18 bits per heavy atom. The summed E-state index contributed by atoms with van der Waals surface area (Å²) in [7, 11) is 3.19. The van der Waals surface area contributed by atoms with Gasteiger partial charge in [0.25, 0.3) is 0 Å². The Kier molecular flexibility index (Phi) is 8.27. The molecule has 0 spiro atoms. The second-order valence-electron chi connectivity index (χ2n) is 1.77. The molecule has 0 aromatic carbocycles. The van der Waals surface area contributed by atoms with Gasteiger partial charge in [0.15, 0.2) is 0 Å². The van der Waals surface area contributed by atoms with Crippen molar-refractivity contribution in [2.24, 2.45) is 0 Å². The van der Waals surface area contributed by atoms with Crippen LogP contribution in [0.15, 0.2) is 0 Å². The molecular weight excluding hydrogens is 227 g/mol. The molecule has 0 amide bonds. The van der Waals surface area contributed by atoms with E-state index in [1.165, 1.54) is 0 Å². The Morgan fingerprint density at radius 2 is 1.45 bits per heavy atom. The predicted octanol–water partition coefficient (Wildman–Crippen LogP) is -0.753. The van der Waals surface area contributed by atoms with Crippen LogP contribution >= 0.6 is 0 Å². The molecule has 1 radical (unpaired) electrons. The van der Waals surface area contributed by atoms with Crippen molar-refractivity contribution in [3.63, 3.8) is 0 Å². The predicted molar refractivity (Wildman–Crippen MR) is 32.2 cm³/mol. The molecule has 0 bridgehead atoms. The van der Waals surface area contributed by atoms with Gasteiger partial charge in [-0.2, -0.15) is 0 Å². The van der Waals surface area contributed by atoms with Gasteiger partial charge in [0.1, 0.15) is 0 Å². The normalized spacial score (nSPS) is 8.91. The Balaban J connectivity index is 0. The molecule has 0 saturated heterocycles. The Morgan fingerprint density at radius 3 is 1.64 bits per heavy atom. The van der Waals surface area contributed by atoms with Crippen molar-refractivity contribution in [1.82, 2.24) is 4.90 Å². The maximum atomic E-state index is 9.92. The van der Waals surface area contributed by atoms with E-state index in [1.54, 1.807) is 0 Å². The maximum Gasteiger partial charge on any atom is 0.315 e. The molecule has 0 aromatic rings. The van der Waals surface area contributed by atoms with E-state index < -0.39 is 11.9 Å². The zero-order valence-corrected chi connectivity index (χ0v) is 8.70. The van der Waals surface area contributed by atoms with Crippen molar-refractivity contribution in [3.05, 3.63) is 7.05 Å². The van der Waals surface area contributed by atoms with Crippen molar-refractivity contribution in [2.45, 2.75) is 0 Å². The third-order valence-electron chi connectivity index (χ3n) is 0.718. The van der Waals surface area contributed by atoms with Crippen molar-refractivity contribution >= 4 is 11.9 Å². The van der Waals surface area contributed by atoms with Crippen molar-refractivity contribution < 1.29 is 52.5 Å². The van der Waals surface area contributed by atoms with E-state index in [2.05, 4.69) is 7.05 Å². The van der Waals surface area contributed by atoms with E-state index in [9.17, 15) is 9.59 Å². The SMILES string of the molecule is [CH2-]N(CC(=O)O)CC(=O)O.[Y]. The first-order valence-corrected chi connectivity index (χ1v) is 2.51. The van der Waals surface area contributed by atoms with Crippen molar-refractivity contribution in [2.75, 3.05) is 13.1 Å². The van der Waals surface area contributed by atoms with E-state index in [1.807, 2.05) is 0 Å². The summed E-state index contributed by atoms with van der Waals surface area (Å²) in [5.74, 6) is -2.17. The van der Waals surface area contributed by atoms with Crippen LogP contribution in [0, 0.1) is 7.05 Å². The molecule has 2 N–H and O–H groups in total. The topological polar surface area (TPSA) is 77.8 Å². The van der Waals surface area contributed by atoms with Gasteiger partial charge in [0, 0.05) is 32.7 Å². The fraction of sp³-hybridized carbons (Fsp3) is 0.400. The van der Waals surface area contributed by atoms with Gasteiger partial charge in [-0.25, -0.2) is 0 Å². The molecule has 0 atom stereocenters. The molecular formula is C5H8NO4Y-. The molecule has 0 aromatic heterocycles. The number of hydrogen-bond acceptors (Lipinski definition) is 3. The molecule has 0 rings (SSSR count). The summed E-state index contributed by atoms with van der Waals surface area (Å²) >= 11 is 0.